The third kappa shape index (κ3) is 8.01. The highest BCUT2D eigenvalue weighted by molar-refractivity contribution is 6.50. The molecule has 36 heavy (non-hydrogen) atoms. The number of nitrogens with zero attached hydrogens (tertiary/aromatic N) is 2. The molecule has 0 spiro atoms. The minimum atomic E-state index is -1.75. The van der Waals surface area contributed by atoms with Crippen molar-refractivity contribution in [3.05, 3.63) is 28.2 Å². The lowest BCUT2D eigenvalue weighted by Gasteiger charge is -2.41. The zero-order valence-electron chi connectivity index (χ0n) is 21.4. The summed E-state index contributed by atoms with van der Waals surface area (Å²) in [6.45, 7) is 3.72. The van der Waals surface area contributed by atoms with Gasteiger partial charge < -0.3 is 29.7 Å². The Morgan fingerprint density at radius 3 is 2.39 bits per heavy atom. The molecule has 2 atom stereocenters. The molecule has 13 heteroatoms. The Hall–Kier alpha value is -2.50. The summed E-state index contributed by atoms with van der Waals surface area (Å²) in [7, 11) is 4.86. The second-order valence-corrected chi connectivity index (χ2v) is 10.4. The predicted octanol–water partition coefficient (Wildman–Crippen LogP) is 2.23. The second kappa shape index (κ2) is 12.6. The molecule has 0 bridgehead atoms. The Morgan fingerprint density at radius 2 is 1.81 bits per heavy atom. The first-order valence-electron chi connectivity index (χ1n) is 11.5. The van der Waals surface area contributed by atoms with Crippen molar-refractivity contribution in [3.8, 4) is 0 Å². The molecule has 1 aromatic rings. The summed E-state index contributed by atoms with van der Waals surface area (Å²) in [5.41, 5.74) is -1.27. The fourth-order valence-electron chi connectivity index (χ4n) is 3.78. The molecule has 0 aromatic heterocycles. The number of anilines is 1. The molecule has 1 aromatic carbocycles. The van der Waals surface area contributed by atoms with E-state index >= 15 is 0 Å². The summed E-state index contributed by atoms with van der Waals surface area (Å²) >= 11 is 12.1. The van der Waals surface area contributed by atoms with E-state index in [0.29, 0.717) is 22.2 Å². The van der Waals surface area contributed by atoms with Crippen molar-refractivity contribution < 1.29 is 28.5 Å². The number of carbonyl (C=O) groups excluding carboxylic acids is 4. The lowest BCUT2D eigenvalue weighted by molar-refractivity contribution is -0.167. The second-order valence-electron chi connectivity index (χ2n) is 9.59. The van der Waals surface area contributed by atoms with Gasteiger partial charge in [-0.3, -0.25) is 19.2 Å². The van der Waals surface area contributed by atoms with Crippen molar-refractivity contribution in [2.45, 2.75) is 44.7 Å². The Bertz CT molecular complexity index is 993. The van der Waals surface area contributed by atoms with Gasteiger partial charge in [0.05, 0.1) is 36.0 Å². The highest BCUT2D eigenvalue weighted by atomic mass is 35.5. The Morgan fingerprint density at radius 1 is 1.14 bits per heavy atom. The third-order valence-corrected chi connectivity index (χ3v) is 6.08. The van der Waals surface area contributed by atoms with E-state index in [0.717, 1.165) is 0 Å². The first-order valence-corrected chi connectivity index (χ1v) is 12.3. The monoisotopic (exact) mass is 542 g/mol. The van der Waals surface area contributed by atoms with E-state index in [9.17, 15) is 19.2 Å². The van der Waals surface area contributed by atoms with E-state index < -0.39 is 42.9 Å². The van der Waals surface area contributed by atoms with E-state index in [-0.39, 0.29) is 24.8 Å². The zero-order chi connectivity index (χ0) is 27.2. The number of rotatable bonds is 10. The quantitative estimate of drug-likeness (QED) is 0.435. The van der Waals surface area contributed by atoms with Gasteiger partial charge in [-0.2, -0.15) is 0 Å². The fraction of sp³-hybridized carbons (Fsp3) is 0.565. The van der Waals surface area contributed by atoms with E-state index in [1.54, 1.807) is 32.3 Å². The van der Waals surface area contributed by atoms with Crippen LogP contribution in [-0.4, -0.2) is 86.9 Å². The summed E-state index contributed by atoms with van der Waals surface area (Å²) in [6, 6.07) is 4.83. The lowest BCUT2D eigenvalue weighted by Crippen LogP contribution is -2.63. The smallest absolute Gasteiger partial charge is 0.508 e. The molecule has 2 N–H and O–H groups in total. The molecule has 0 aliphatic carbocycles. The van der Waals surface area contributed by atoms with Crippen molar-refractivity contribution in [2.75, 3.05) is 40.1 Å². The minimum absolute atomic E-state index is 0.0808. The summed E-state index contributed by atoms with van der Waals surface area (Å²) in [4.78, 5) is 53.8. The number of hydrogen-bond acceptors (Lipinski definition) is 7. The third-order valence-electron chi connectivity index (χ3n) is 5.52. The summed E-state index contributed by atoms with van der Waals surface area (Å²) in [5.74, 6) is -2.73. The van der Waals surface area contributed by atoms with Crippen LogP contribution in [0.1, 0.15) is 33.1 Å². The summed E-state index contributed by atoms with van der Waals surface area (Å²) < 4.78 is 11.5. The van der Waals surface area contributed by atoms with Gasteiger partial charge in [0.1, 0.15) is 0 Å². The van der Waals surface area contributed by atoms with Crippen LogP contribution >= 0.6 is 23.2 Å². The maximum absolute atomic E-state index is 13.2. The topological polar surface area (TPSA) is 117 Å². The van der Waals surface area contributed by atoms with E-state index in [1.165, 1.54) is 23.9 Å². The Balaban J connectivity index is 2.26. The van der Waals surface area contributed by atoms with Crippen molar-refractivity contribution in [2.24, 2.45) is 5.92 Å². The van der Waals surface area contributed by atoms with Crippen LogP contribution in [0.15, 0.2) is 18.2 Å². The first-order chi connectivity index (χ1) is 16.7. The van der Waals surface area contributed by atoms with Crippen LogP contribution in [0.3, 0.4) is 0 Å². The number of halogens is 2. The number of nitrogens with one attached hydrogen (secondary N) is 2. The van der Waals surface area contributed by atoms with Gasteiger partial charge in [0, 0.05) is 33.2 Å². The molecule has 3 amide bonds. The molecular formula is C23H33BCl2N4O6. The largest absolute Gasteiger partial charge is 0.552 e. The zero-order valence-corrected chi connectivity index (χ0v) is 22.9. The van der Waals surface area contributed by atoms with Gasteiger partial charge in [-0.15, -0.1) is 0 Å². The molecule has 1 aliphatic heterocycles. The highest BCUT2D eigenvalue weighted by Crippen LogP contribution is 2.32. The molecule has 1 fully saturated rings. The average molecular weight is 543 g/mol. The summed E-state index contributed by atoms with van der Waals surface area (Å²) in [6.07, 6.45) is -0.382. The van der Waals surface area contributed by atoms with Gasteiger partial charge in [-0.25, -0.2) is 0 Å². The van der Waals surface area contributed by atoms with Crippen molar-refractivity contribution in [1.29, 1.82) is 0 Å². The number of carbonyl (C=O) groups is 4. The van der Waals surface area contributed by atoms with Gasteiger partial charge in [-0.1, -0.05) is 37.0 Å². The molecule has 1 saturated heterocycles. The van der Waals surface area contributed by atoms with Crippen LogP contribution in [0.25, 0.3) is 0 Å². The van der Waals surface area contributed by atoms with Crippen LogP contribution in [0, 0.1) is 5.92 Å². The molecule has 0 saturated carbocycles. The SMILES string of the molecule is CC(C)C[C@H](NC(=O)CNc1cc(Cl)ccc1Cl)B1OC(=O)C[C@@](CC(=O)N(C)C)(C(=O)N(C)C)O1. The predicted molar refractivity (Wildman–Crippen MR) is 139 cm³/mol. The number of benzene rings is 1. The fourth-order valence-corrected chi connectivity index (χ4v) is 4.14. The maximum atomic E-state index is 13.2. The summed E-state index contributed by atoms with van der Waals surface area (Å²) in [5, 5.41) is 6.60. The van der Waals surface area contributed by atoms with Crippen LogP contribution in [0.5, 0.6) is 0 Å². The molecule has 0 unspecified atom stereocenters. The van der Waals surface area contributed by atoms with Gasteiger partial charge in [0.2, 0.25) is 11.8 Å². The Labute approximate surface area is 222 Å². The van der Waals surface area contributed by atoms with Gasteiger partial charge in [0.25, 0.3) is 11.9 Å². The Kier molecular flexibility index (Phi) is 10.4. The number of amides is 3. The molecule has 0 radical (unpaired) electrons. The molecule has 1 heterocycles. The van der Waals surface area contributed by atoms with Crippen molar-refractivity contribution in [3.63, 3.8) is 0 Å². The van der Waals surface area contributed by atoms with Crippen LogP contribution in [-0.2, 0) is 28.5 Å². The maximum Gasteiger partial charge on any atom is 0.552 e. The van der Waals surface area contributed by atoms with Crippen LogP contribution in [0.4, 0.5) is 5.69 Å². The number of likely N-dealkylation sites (N-methyl/N-ethyl adjacent to an activating group) is 1. The van der Waals surface area contributed by atoms with Crippen LogP contribution < -0.4 is 10.6 Å². The highest BCUT2D eigenvalue weighted by Gasteiger charge is 2.55. The van der Waals surface area contributed by atoms with Gasteiger partial charge >= 0.3 is 7.12 Å². The standard InChI is InChI=1S/C23H33BCl2N4O6/c1-14(2)9-18(28-19(31)13-27-17-10-15(25)7-8-16(17)26)24-35-21(33)12-23(36-24,22(34)30(5)6)11-20(32)29(3)4/h7-8,10,14,18,27H,9,11-13H2,1-6H3,(H,28,31)/t18-,23-/m0/s1. The molecule has 1 aliphatic rings. The molecule has 2 rings (SSSR count). The van der Waals surface area contributed by atoms with E-state index in [1.807, 2.05) is 13.8 Å². The molecule has 10 nitrogen and oxygen atoms in total. The number of hydrogen-bond donors (Lipinski definition) is 2. The molecular weight excluding hydrogens is 510 g/mol. The average Bonchev–Trinajstić information content (AvgIpc) is 2.77. The van der Waals surface area contributed by atoms with Gasteiger partial charge in [-0.05, 0) is 30.5 Å². The first kappa shape index (κ1) is 29.7. The lowest BCUT2D eigenvalue weighted by atomic mass is 9.70. The van der Waals surface area contributed by atoms with Crippen LogP contribution in [0.2, 0.25) is 10.0 Å². The van der Waals surface area contributed by atoms with Gasteiger partial charge in [0.15, 0.2) is 5.60 Å². The van der Waals surface area contributed by atoms with Crippen molar-refractivity contribution >= 4 is 59.7 Å². The van der Waals surface area contributed by atoms with E-state index in [4.69, 9.17) is 32.5 Å². The van der Waals surface area contributed by atoms with Crippen molar-refractivity contribution in [1.82, 2.24) is 15.1 Å². The van der Waals surface area contributed by atoms with E-state index in [2.05, 4.69) is 10.6 Å². The normalized spacial score (nSPS) is 18.4. The minimum Gasteiger partial charge on any atom is -0.508 e. The molecule has 198 valence electrons.